The first kappa shape index (κ1) is 17.7. The maximum Gasteiger partial charge on any atom is 0.244 e. The summed E-state index contributed by atoms with van der Waals surface area (Å²) in [4.78, 5) is 0.194. The van der Waals surface area contributed by atoms with E-state index in [0.29, 0.717) is 17.3 Å². The van der Waals surface area contributed by atoms with Gasteiger partial charge in [-0.25, -0.2) is 13.1 Å². The van der Waals surface area contributed by atoms with Crippen LogP contribution < -0.4 is 10.5 Å². The predicted molar refractivity (Wildman–Crippen MR) is 90.7 cm³/mol. The number of hydrogen-bond donors (Lipinski definition) is 3. The molecule has 0 saturated heterocycles. The van der Waals surface area contributed by atoms with E-state index in [1.165, 1.54) is 5.56 Å². The van der Waals surface area contributed by atoms with Crippen LogP contribution in [0.1, 0.15) is 48.3 Å². The van der Waals surface area contributed by atoms with Gasteiger partial charge in [-0.1, -0.05) is 38.1 Å². The number of hydrogen-bond acceptors (Lipinski definition) is 4. The number of nitrogens with zero attached hydrogens (tertiary/aromatic N) is 1. The quantitative estimate of drug-likeness (QED) is 0.752. The second kappa shape index (κ2) is 6.82. The molecule has 0 radical (unpaired) electrons. The third-order valence-corrected chi connectivity index (χ3v) is 5.54. The number of H-pyrrole nitrogens is 1. The van der Waals surface area contributed by atoms with Gasteiger partial charge in [-0.2, -0.15) is 5.10 Å². The molecule has 0 aliphatic rings. The second-order valence-corrected chi connectivity index (χ2v) is 7.75. The first-order chi connectivity index (χ1) is 10.7. The van der Waals surface area contributed by atoms with Crippen molar-refractivity contribution >= 4 is 10.0 Å². The smallest absolute Gasteiger partial charge is 0.244 e. The topological polar surface area (TPSA) is 101 Å². The highest BCUT2D eigenvalue weighted by Crippen LogP contribution is 2.19. The van der Waals surface area contributed by atoms with E-state index in [2.05, 4.69) is 28.8 Å². The fraction of sp³-hybridized carbons (Fsp3) is 0.438. The van der Waals surface area contributed by atoms with E-state index in [0.717, 1.165) is 5.56 Å². The van der Waals surface area contributed by atoms with Gasteiger partial charge in [0, 0.05) is 12.6 Å². The van der Waals surface area contributed by atoms with Crippen molar-refractivity contribution in [3.8, 4) is 0 Å². The minimum atomic E-state index is -3.63. The van der Waals surface area contributed by atoms with Crippen molar-refractivity contribution in [2.24, 2.45) is 5.73 Å². The number of aromatic amines is 1. The Morgan fingerprint density at radius 2 is 1.74 bits per heavy atom. The number of aryl methyl sites for hydroxylation is 2. The van der Waals surface area contributed by atoms with Gasteiger partial charge in [0.2, 0.25) is 10.0 Å². The van der Waals surface area contributed by atoms with Gasteiger partial charge in [0.1, 0.15) is 4.90 Å². The maximum atomic E-state index is 12.4. The maximum absolute atomic E-state index is 12.4. The van der Waals surface area contributed by atoms with Gasteiger partial charge in [-0.3, -0.25) is 5.10 Å². The third-order valence-electron chi connectivity index (χ3n) is 3.85. The molecule has 23 heavy (non-hydrogen) atoms. The molecule has 0 saturated carbocycles. The Labute approximate surface area is 137 Å². The molecule has 2 rings (SSSR count). The van der Waals surface area contributed by atoms with Crippen molar-refractivity contribution in [1.82, 2.24) is 14.9 Å². The van der Waals surface area contributed by atoms with Crippen LogP contribution in [0.5, 0.6) is 0 Å². The van der Waals surface area contributed by atoms with E-state index in [4.69, 9.17) is 5.73 Å². The van der Waals surface area contributed by atoms with Crippen LogP contribution in [0.2, 0.25) is 0 Å². The van der Waals surface area contributed by atoms with Crippen LogP contribution in [0.3, 0.4) is 0 Å². The summed E-state index contributed by atoms with van der Waals surface area (Å²) in [5, 5.41) is 6.60. The average molecular weight is 336 g/mol. The monoisotopic (exact) mass is 336 g/mol. The Balaban J connectivity index is 2.08. The van der Waals surface area contributed by atoms with E-state index in [1.54, 1.807) is 13.8 Å². The summed E-state index contributed by atoms with van der Waals surface area (Å²) in [6.07, 6.45) is 0. The zero-order valence-corrected chi connectivity index (χ0v) is 14.7. The molecule has 1 heterocycles. The van der Waals surface area contributed by atoms with Crippen LogP contribution >= 0.6 is 0 Å². The van der Waals surface area contributed by atoms with Crippen LogP contribution in [-0.2, 0) is 10.0 Å². The van der Waals surface area contributed by atoms with E-state index in [-0.39, 0.29) is 11.4 Å². The summed E-state index contributed by atoms with van der Waals surface area (Å²) in [5.41, 5.74) is 9.20. The molecule has 0 amide bonds. The van der Waals surface area contributed by atoms with E-state index in [9.17, 15) is 8.42 Å². The molecule has 0 spiro atoms. The highest BCUT2D eigenvalue weighted by molar-refractivity contribution is 7.89. The van der Waals surface area contributed by atoms with Gasteiger partial charge in [0.15, 0.2) is 0 Å². The molecule has 0 fully saturated rings. The molecule has 1 aromatic carbocycles. The van der Waals surface area contributed by atoms with Crippen LogP contribution in [-0.4, -0.2) is 25.2 Å². The standard InChI is InChI=1S/C16H24N4O2S/c1-10(2)13-5-7-14(8-6-13)15(17)9-18-23(21,22)16-11(3)19-20-12(16)4/h5-8,10,15,18H,9,17H2,1-4H3,(H,19,20). The lowest BCUT2D eigenvalue weighted by Gasteiger charge is -2.15. The Morgan fingerprint density at radius 1 is 1.17 bits per heavy atom. The molecule has 4 N–H and O–H groups in total. The van der Waals surface area contributed by atoms with E-state index < -0.39 is 16.1 Å². The summed E-state index contributed by atoms with van der Waals surface area (Å²) in [5.74, 6) is 0.450. The van der Waals surface area contributed by atoms with E-state index in [1.807, 2.05) is 24.3 Å². The Morgan fingerprint density at radius 3 is 2.22 bits per heavy atom. The lowest BCUT2D eigenvalue weighted by molar-refractivity contribution is 0.571. The molecule has 7 heteroatoms. The normalized spacial score (nSPS) is 13.5. The predicted octanol–water partition coefficient (Wildman–Crippen LogP) is 2.13. The van der Waals surface area contributed by atoms with Crippen LogP contribution in [0.4, 0.5) is 0 Å². The molecule has 1 atom stereocenters. The zero-order valence-electron chi connectivity index (χ0n) is 13.9. The number of benzene rings is 1. The number of rotatable bonds is 6. The Bertz CT molecular complexity index is 744. The van der Waals surface area contributed by atoms with Crippen molar-refractivity contribution in [3.05, 3.63) is 46.8 Å². The van der Waals surface area contributed by atoms with Crippen molar-refractivity contribution in [1.29, 1.82) is 0 Å². The molecule has 6 nitrogen and oxygen atoms in total. The van der Waals surface area contributed by atoms with Gasteiger partial charge in [-0.15, -0.1) is 0 Å². The fourth-order valence-corrected chi connectivity index (χ4v) is 3.88. The molecule has 0 bridgehead atoms. The summed E-state index contributed by atoms with van der Waals surface area (Å²) in [6, 6.07) is 7.54. The van der Waals surface area contributed by atoms with Gasteiger partial charge >= 0.3 is 0 Å². The van der Waals surface area contributed by atoms with Crippen LogP contribution in [0, 0.1) is 13.8 Å². The van der Waals surface area contributed by atoms with Gasteiger partial charge in [0.25, 0.3) is 0 Å². The first-order valence-corrected chi connectivity index (χ1v) is 9.07. The highest BCUT2D eigenvalue weighted by atomic mass is 32.2. The third kappa shape index (κ3) is 3.99. The fourth-order valence-electron chi connectivity index (χ4n) is 2.45. The highest BCUT2D eigenvalue weighted by Gasteiger charge is 2.22. The van der Waals surface area contributed by atoms with Crippen molar-refractivity contribution in [3.63, 3.8) is 0 Å². The number of aromatic nitrogens is 2. The molecular weight excluding hydrogens is 312 g/mol. The Hall–Kier alpha value is -1.70. The Kier molecular flexibility index (Phi) is 5.23. The summed E-state index contributed by atoms with van der Waals surface area (Å²) >= 11 is 0. The van der Waals surface area contributed by atoms with Gasteiger partial charge < -0.3 is 5.73 Å². The average Bonchev–Trinajstić information content (AvgIpc) is 2.84. The first-order valence-electron chi connectivity index (χ1n) is 7.59. The molecule has 126 valence electrons. The summed E-state index contributed by atoms with van der Waals surface area (Å²) in [7, 11) is -3.63. The molecular formula is C16H24N4O2S. The lowest BCUT2D eigenvalue weighted by Crippen LogP contribution is -2.32. The SMILES string of the molecule is Cc1n[nH]c(C)c1S(=O)(=O)NCC(N)c1ccc(C(C)C)cc1. The zero-order chi connectivity index (χ0) is 17.2. The largest absolute Gasteiger partial charge is 0.323 e. The second-order valence-electron chi connectivity index (χ2n) is 6.04. The number of nitrogens with two attached hydrogens (primary N) is 1. The van der Waals surface area contributed by atoms with Crippen LogP contribution in [0.25, 0.3) is 0 Å². The molecule has 1 aromatic heterocycles. The van der Waals surface area contributed by atoms with Gasteiger partial charge in [-0.05, 0) is 30.9 Å². The van der Waals surface area contributed by atoms with Crippen LogP contribution in [0.15, 0.2) is 29.2 Å². The number of sulfonamides is 1. The minimum absolute atomic E-state index is 0.132. The molecule has 1 unspecified atom stereocenters. The molecule has 0 aliphatic carbocycles. The summed E-state index contributed by atoms with van der Waals surface area (Å²) in [6.45, 7) is 7.71. The van der Waals surface area contributed by atoms with Gasteiger partial charge in [0.05, 0.1) is 11.4 Å². The minimum Gasteiger partial charge on any atom is -0.323 e. The molecule has 2 aromatic rings. The van der Waals surface area contributed by atoms with Crippen molar-refractivity contribution in [2.75, 3.05) is 6.54 Å². The van der Waals surface area contributed by atoms with Crippen molar-refractivity contribution in [2.45, 2.75) is 44.6 Å². The number of nitrogens with one attached hydrogen (secondary N) is 2. The summed E-state index contributed by atoms with van der Waals surface area (Å²) < 4.78 is 27.3. The molecule has 0 aliphatic heterocycles. The van der Waals surface area contributed by atoms with E-state index >= 15 is 0 Å². The van der Waals surface area contributed by atoms with Crippen molar-refractivity contribution < 1.29 is 8.42 Å². The lowest BCUT2D eigenvalue weighted by atomic mass is 9.99.